The van der Waals surface area contributed by atoms with Gasteiger partial charge in [-0.15, -0.1) is 0 Å². The quantitative estimate of drug-likeness (QED) is 0.0227. The number of carboxylic acid groups (broad SMARTS) is 1. The number of benzene rings is 4. The molecule has 2 heterocycles. The molecule has 36 heteroatoms. The SMILES string of the molecule is CC(=O)Nc1ccc(C[C@@H](NC(=O)[C@H](CCNC(N)=O)NC(=O)[C@H](CO)NC(=O)[C@@H](Cc2cccnc2)NC(=O)[C@@H](Cc2ccc(Cl)cc2)NC(=O)[C@@H](Cc2ccc3ccccc3c2)NC(C)=O)C(=O)N[C@@H](CC(C)C)C(=O)N[C@@H](CCCCNC(C)C)C(=O)N2CCC[C@H]2C(=O)N[C@H](C)C([NH3+])=O)cc1.O=C([O-])C(F)(F)F. The molecule has 4 aromatic carbocycles. The summed E-state index contributed by atoms with van der Waals surface area (Å²) in [5, 5.41) is 54.3. The summed E-state index contributed by atoms with van der Waals surface area (Å²) in [5.41, 5.74) is 11.3. The third-order valence-electron chi connectivity index (χ3n) is 17.6. The number of primary amides is 1. The number of rotatable bonds is 40. The molecule has 112 heavy (non-hydrogen) atoms. The van der Waals surface area contributed by atoms with Gasteiger partial charge in [0.05, 0.1) is 6.61 Å². The van der Waals surface area contributed by atoms with Crippen LogP contribution in [0, 0.1) is 5.92 Å². The number of halogens is 4. The lowest BCUT2D eigenvalue weighted by Crippen LogP contribution is -2.66. The maximum atomic E-state index is 15.0. The maximum absolute atomic E-state index is 15.0. The minimum absolute atomic E-state index is 0.0152. The van der Waals surface area contributed by atoms with Crippen molar-refractivity contribution in [2.45, 2.75) is 192 Å². The summed E-state index contributed by atoms with van der Waals surface area (Å²) in [7, 11) is 0. The predicted molar refractivity (Wildman–Crippen MR) is 403 cm³/mol. The number of likely N-dealkylation sites (tertiary alicyclic amines) is 1. The van der Waals surface area contributed by atoms with E-state index in [9.17, 15) is 75.8 Å². The summed E-state index contributed by atoms with van der Waals surface area (Å²) in [6, 6.07) is 14.6. The Labute approximate surface area is 650 Å². The molecule has 1 saturated heterocycles. The van der Waals surface area contributed by atoms with E-state index < -0.39 is 157 Å². The summed E-state index contributed by atoms with van der Waals surface area (Å²) in [4.78, 5) is 194. The third kappa shape index (κ3) is 31.7. The van der Waals surface area contributed by atoms with Gasteiger partial charge < -0.3 is 89.4 Å². The zero-order chi connectivity index (χ0) is 82.9. The van der Waals surface area contributed by atoms with E-state index in [1.807, 2.05) is 56.3 Å². The number of nitrogens with one attached hydrogen (secondary N) is 12. The molecule has 5 aromatic rings. The van der Waals surface area contributed by atoms with E-state index in [2.05, 4.69) is 74.5 Å². The molecule has 1 aliphatic rings. The number of unbranched alkanes of at least 4 members (excludes halogenated alkanes) is 1. The maximum Gasteiger partial charge on any atom is 0.430 e. The van der Waals surface area contributed by atoms with Crippen molar-refractivity contribution in [1.29, 1.82) is 0 Å². The van der Waals surface area contributed by atoms with E-state index in [0.29, 0.717) is 65.2 Å². The summed E-state index contributed by atoms with van der Waals surface area (Å²) in [6.07, 6.45) is -1.37. The number of aliphatic hydroxyl groups excluding tert-OH is 1. The van der Waals surface area contributed by atoms with Crippen LogP contribution in [0.4, 0.5) is 23.7 Å². The smallest absolute Gasteiger partial charge is 0.430 e. The summed E-state index contributed by atoms with van der Waals surface area (Å²) >= 11 is 6.23. The number of alkyl halides is 3. The average molecular weight is 1590 g/mol. The first-order valence-corrected chi connectivity index (χ1v) is 36.8. The van der Waals surface area contributed by atoms with Gasteiger partial charge in [-0.05, 0) is 128 Å². The Hall–Kier alpha value is -11.2. The Balaban J connectivity index is 0.00000305. The number of hydrogen-bond acceptors (Lipinski definition) is 18. The molecule has 1 aromatic heterocycles. The number of amides is 14. The number of fused-ring (bicyclic) bond motifs is 1. The average Bonchev–Trinajstić information content (AvgIpc) is 1.65. The number of quaternary nitrogens is 1. The standard InChI is InChI=1S/C74H99ClN16O14.C2HF3O2/c1-42(2)34-57(66(97)85-56(17-10-11-31-79-43(3)4)73(104)91-33-13-18-63(91)72(103)81-44(5)64(76)95)86-68(99)59(37-48-22-27-54(28-23-48)82-45(6)93)87-65(96)55(29-32-80-74(77)105)84-71(102)62(41-92)90-70(101)61(39-50-14-12-30-78-40-50)89-69(100)60(36-47-20-25-53(75)26-21-47)88-67(98)58(83-46(7)94)38-49-19-24-51-15-8-9-16-52(51)35-49;3-2(4,5)1(6)7/h8-9,12,14-16,19-28,30,35,40,42-44,55-63,79,92H,10-11,13,17-18,29,31-34,36-39,41H2,1-7H3,(H2,76,95)(H,81,103)(H,82,93)(H,83,94)(H,84,102)(H,85,97)(H,86,99)(H,87,96)(H,88,98)(H,89,100)(H,90,101)(H3,77,80,105);(H,6,7)/t44-,55+,56+,57+,58-,59-,60-,61-,62+,63+;/m1./s1. The number of pyridine rings is 1. The second-order valence-electron chi connectivity index (χ2n) is 27.7. The first-order valence-electron chi connectivity index (χ1n) is 36.4. The lowest BCUT2D eigenvalue weighted by molar-refractivity contribution is -0.344. The zero-order valence-corrected chi connectivity index (χ0v) is 64.0. The molecule has 6 rings (SSSR count). The first-order chi connectivity index (χ1) is 52.9. The fourth-order valence-electron chi connectivity index (χ4n) is 11.9. The summed E-state index contributed by atoms with van der Waals surface area (Å²) < 4.78 is 31.5. The number of hydrogen-bond donors (Lipinski definition) is 15. The Bertz CT molecular complexity index is 4070. The van der Waals surface area contributed by atoms with Gasteiger partial charge >= 0.3 is 18.1 Å². The van der Waals surface area contributed by atoms with Gasteiger partial charge in [0.1, 0.15) is 66.4 Å². The number of aromatic nitrogens is 1. The molecule has 0 bridgehead atoms. The Kier molecular flexibility index (Phi) is 36.9. The lowest BCUT2D eigenvalue weighted by atomic mass is 9.99. The molecule has 1 fully saturated rings. The van der Waals surface area contributed by atoms with Gasteiger partial charge in [0.15, 0.2) is 0 Å². The van der Waals surface area contributed by atoms with Gasteiger partial charge in [0.25, 0.3) is 0 Å². The van der Waals surface area contributed by atoms with Gasteiger partial charge in [-0.3, -0.25) is 63.5 Å². The van der Waals surface area contributed by atoms with Gasteiger partial charge in [-0.2, -0.15) is 13.2 Å². The fourth-order valence-corrected chi connectivity index (χ4v) is 12.0. The Morgan fingerprint density at radius 2 is 1.07 bits per heavy atom. The van der Waals surface area contributed by atoms with Gasteiger partial charge in [-0.25, -0.2) is 9.59 Å². The number of aliphatic hydroxyl groups is 1. The van der Waals surface area contributed by atoms with E-state index in [-0.39, 0.29) is 69.5 Å². The van der Waals surface area contributed by atoms with Crippen LogP contribution in [0.3, 0.4) is 0 Å². The van der Waals surface area contributed by atoms with Crippen LogP contribution in [-0.2, 0) is 88.0 Å². The molecule has 608 valence electrons. The zero-order valence-electron chi connectivity index (χ0n) is 63.3. The van der Waals surface area contributed by atoms with Crippen LogP contribution in [0.25, 0.3) is 10.8 Å². The molecule has 0 radical (unpaired) electrons. The van der Waals surface area contributed by atoms with E-state index in [1.54, 1.807) is 74.5 Å². The molecule has 14 amide bonds. The van der Waals surface area contributed by atoms with Crippen molar-refractivity contribution >= 4 is 111 Å². The highest BCUT2D eigenvalue weighted by Crippen LogP contribution is 2.23. The third-order valence-corrected chi connectivity index (χ3v) is 17.8. The van der Waals surface area contributed by atoms with Crippen molar-refractivity contribution in [3.05, 3.63) is 143 Å². The van der Waals surface area contributed by atoms with Crippen LogP contribution < -0.4 is 80.4 Å². The number of carboxylic acids is 1. The van der Waals surface area contributed by atoms with Crippen molar-refractivity contribution in [2.24, 2.45) is 11.7 Å². The van der Waals surface area contributed by atoms with Crippen molar-refractivity contribution in [1.82, 2.24) is 68.4 Å². The molecule has 0 unspecified atom stereocenters. The lowest BCUT2D eigenvalue weighted by Gasteiger charge is -2.31. The molecule has 1 aliphatic heterocycles. The second-order valence-corrected chi connectivity index (χ2v) is 28.1. The molecule has 10 atom stereocenters. The van der Waals surface area contributed by atoms with Gasteiger partial charge in [0, 0.05) is 81.8 Å². The van der Waals surface area contributed by atoms with Crippen LogP contribution in [0.15, 0.2) is 116 Å². The number of aliphatic carboxylic acids is 1. The predicted octanol–water partition coefficient (Wildman–Crippen LogP) is -0.157. The molecular formula is C76H100ClF3N16O16. The summed E-state index contributed by atoms with van der Waals surface area (Å²) in [6.45, 7) is 11.0. The van der Waals surface area contributed by atoms with Crippen LogP contribution in [0.1, 0.15) is 116 Å². The molecule has 0 aliphatic carbocycles. The number of nitrogens with two attached hydrogens (primary N) is 1. The molecular weight excluding hydrogens is 1490 g/mol. The molecule has 0 spiro atoms. The van der Waals surface area contributed by atoms with E-state index in [1.165, 1.54) is 38.1 Å². The minimum atomic E-state index is -5.19. The van der Waals surface area contributed by atoms with Crippen molar-refractivity contribution in [3.63, 3.8) is 0 Å². The van der Waals surface area contributed by atoms with E-state index in [4.69, 9.17) is 27.2 Å². The first kappa shape index (κ1) is 91.4. The highest BCUT2D eigenvalue weighted by molar-refractivity contribution is 6.30. The number of carbonyl (C=O) groups excluding carboxylic acids is 14. The van der Waals surface area contributed by atoms with Crippen LogP contribution >= 0.6 is 11.6 Å². The Morgan fingerprint density at radius 1 is 0.580 bits per heavy atom. The molecule has 0 saturated carbocycles. The topological polar surface area (TPSA) is 496 Å². The molecule has 32 nitrogen and oxygen atoms in total. The summed E-state index contributed by atoms with van der Waals surface area (Å²) in [5.74, 6) is -12.3. The number of urea groups is 1. The monoisotopic (exact) mass is 1580 g/mol. The van der Waals surface area contributed by atoms with Crippen molar-refractivity contribution < 1.29 is 96.2 Å². The normalized spacial score (nSPS) is 15.0. The number of carbonyl (C=O) groups is 14. The molecule has 18 N–H and O–H groups in total. The van der Waals surface area contributed by atoms with Crippen LogP contribution in [0.2, 0.25) is 5.02 Å². The van der Waals surface area contributed by atoms with Crippen molar-refractivity contribution in [2.75, 3.05) is 31.6 Å². The van der Waals surface area contributed by atoms with Gasteiger partial charge in [0.2, 0.25) is 65.0 Å². The fraction of sp³-hybridized carbons (Fsp3) is 0.461. The van der Waals surface area contributed by atoms with Crippen molar-refractivity contribution in [3.8, 4) is 0 Å². The highest BCUT2D eigenvalue weighted by Gasteiger charge is 2.41. The largest absolute Gasteiger partial charge is 0.542 e. The number of anilines is 1. The highest BCUT2D eigenvalue weighted by atomic mass is 35.5. The van der Waals surface area contributed by atoms with Crippen LogP contribution in [0.5, 0.6) is 0 Å². The Morgan fingerprint density at radius 3 is 1.59 bits per heavy atom. The van der Waals surface area contributed by atoms with Gasteiger partial charge in [-0.1, -0.05) is 112 Å². The van der Waals surface area contributed by atoms with E-state index >= 15 is 4.79 Å². The minimum Gasteiger partial charge on any atom is -0.542 e. The number of nitrogens with zero attached hydrogens (tertiary/aromatic N) is 2. The van der Waals surface area contributed by atoms with E-state index in [0.717, 1.165) is 10.8 Å². The second kappa shape index (κ2) is 45.2. The van der Waals surface area contributed by atoms with Crippen LogP contribution in [-0.4, -0.2) is 197 Å².